The Bertz CT molecular complexity index is 2850. The number of aromatic nitrogens is 4. The fourth-order valence-electron chi connectivity index (χ4n) is 7.48. The molecular weight excluding hydrogens is 695 g/mol. The zero-order chi connectivity index (χ0) is 38.0. The summed E-state index contributed by atoms with van der Waals surface area (Å²) < 4.78 is 0. The lowest BCUT2D eigenvalue weighted by Crippen LogP contribution is -2.10. The molecule has 0 aliphatic heterocycles. The Balaban J connectivity index is 1.17. The summed E-state index contributed by atoms with van der Waals surface area (Å²) in [6.45, 7) is 0. The Kier molecular flexibility index (Phi) is 8.78. The van der Waals surface area contributed by atoms with Gasteiger partial charge >= 0.3 is 0 Å². The van der Waals surface area contributed by atoms with Crippen LogP contribution < -0.4 is 4.90 Å². The molecular formula is C52H35N5. The van der Waals surface area contributed by atoms with Crippen molar-refractivity contribution in [1.29, 1.82) is 0 Å². The number of para-hydroxylation sites is 4. The van der Waals surface area contributed by atoms with Gasteiger partial charge in [-0.15, -0.1) is 0 Å². The van der Waals surface area contributed by atoms with Crippen LogP contribution in [-0.2, 0) is 0 Å². The molecule has 0 amide bonds. The maximum absolute atomic E-state index is 5.24. The molecule has 0 radical (unpaired) electrons. The second kappa shape index (κ2) is 14.8. The van der Waals surface area contributed by atoms with Crippen molar-refractivity contribution in [3.63, 3.8) is 0 Å². The summed E-state index contributed by atoms with van der Waals surface area (Å²) in [5.74, 6) is 0. The lowest BCUT2D eigenvalue weighted by atomic mass is 10.0. The van der Waals surface area contributed by atoms with E-state index in [0.29, 0.717) is 0 Å². The van der Waals surface area contributed by atoms with E-state index in [9.17, 15) is 0 Å². The second-order valence-corrected chi connectivity index (χ2v) is 13.9. The van der Waals surface area contributed by atoms with Gasteiger partial charge in [0.05, 0.1) is 44.8 Å². The van der Waals surface area contributed by atoms with Crippen molar-refractivity contribution in [2.24, 2.45) is 0 Å². The van der Waals surface area contributed by atoms with Gasteiger partial charge in [0.1, 0.15) is 0 Å². The summed E-state index contributed by atoms with van der Waals surface area (Å²) in [7, 11) is 0. The first-order valence-electron chi connectivity index (χ1n) is 19.1. The molecule has 5 heteroatoms. The van der Waals surface area contributed by atoms with E-state index in [1.165, 1.54) is 0 Å². The van der Waals surface area contributed by atoms with E-state index in [1.54, 1.807) is 0 Å². The Hall–Kier alpha value is -7.76. The van der Waals surface area contributed by atoms with Crippen LogP contribution in [0.1, 0.15) is 0 Å². The van der Waals surface area contributed by atoms with E-state index in [1.807, 2.05) is 84.9 Å². The number of rotatable bonds is 8. The first kappa shape index (κ1) is 33.8. The third-order valence-electron chi connectivity index (χ3n) is 10.2. The van der Waals surface area contributed by atoms with E-state index in [2.05, 4.69) is 132 Å². The SMILES string of the molecule is c1ccc(-c2cccc(N(c3cccc(-c4nc5ccccc5nc4-c4ccccc4)c3)c3cccc(-c4nc5ccccc5nc4-c4ccccc4)c3)c2)cc1. The molecule has 5 nitrogen and oxygen atoms in total. The van der Waals surface area contributed by atoms with Gasteiger partial charge in [-0.25, -0.2) is 19.9 Å². The van der Waals surface area contributed by atoms with Gasteiger partial charge in [0.2, 0.25) is 0 Å². The minimum Gasteiger partial charge on any atom is -0.310 e. The normalized spacial score (nSPS) is 11.2. The maximum Gasteiger partial charge on any atom is 0.0973 e. The number of nitrogens with zero attached hydrogens (tertiary/aromatic N) is 5. The molecule has 10 rings (SSSR count). The van der Waals surface area contributed by atoms with Crippen molar-refractivity contribution in [3.05, 3.63) is 212 Å². The summed E-state index contributed by atoms with van der Waals surface area (Å²) >= 11 is 0. The molecule has 0 fully saturated rings. The predicted octanol–water partition coefficient (Wildman–Crippen LogP) is 13.4. The standard InChI is InChI=1S/C52H35N5/c1-4-17-36(18-5-1)39-23-14-26-42(33-39)57(43-27-15-24-40(34-43)51-49(37-19-6-2-7-20-37)53-45-29-10-12-31-47(45)55-51)44-28-16-25-41(35-44)52-50(38-21-8-3-9-22-38)54-46-30-11-13-32-48(46)56-52/h1-35H. The van der Waals surface area contributed by atoms with E-state index >= 15 is 0 Å². The highest BCUT2D eigenvalue weighted by Gasteiger charge is 2.20. The summed E-state index contributed by atoms with van der Waals surface area (Å²) in [5, 5.41) is 0. The van der Waals surface area contributed by atoms with Crippen molar-refractivity contribution >= 4 is 39.1 Å². The average Bonchev–Trinajstić information content (AvgIpc) is 3.29. The Labute approximate surface area is 331 Å². The summed E-state index contributed by atoms with van der Waals surface area (Å²) in [6.07, 6.45) is 0. The van der Waals surface area contributed by atoms with Crippen LogP contribution >= 0.6 is 0 Å². The van der Waals surface area contributed by atoms with Crippen LogP contribution in [-0.4, -0.2) is 19.9 Å². The van der Waals surface area contributed by atoms with Gasteiger partial charge in [-0.2, -0.15) is 0 Å². The van der Waals surface area contributed by atoms with Gasteiger partial charge in [-0.05, 0) is 71.8 Å². The zero-order valence-electron chi connectivity index (χ0n) is 30.9. The molecule has 0 unspecified atom stereocenters. The molecule has 57 heavy (non-hydrogen) atoms. The van der Waals surface area contributed by atoms with Gasteiger partial charge in [-0.3, -0.25) is 0 Å². The van der Waals surface area contributed by atoms with Crippen LogP contribution in [0, 0.1) is 0 Å². The number of hydrogen-bond acceptors (Lipinski definition) is 5. The van der Waals surface area contributed by atoms with Crippen LogP contribution in [0.2, 0.25) is 0 Å². The summed E-state index contributed by atoms with van der Waals surface area (Å²) in [4.78, 5) is 23.1. The molecule has 2 aromatic heterocycles. The molecule has 0 aliphatic carbocycles. The van der Waals surface area contributed by atoms with Crippen LogP contribution in [0.5, 0.6) is 0 Å². The van der Waals surface area contributed by atoms with Crippen molar-refractivity contribution in [1.82, 2.24) is 19.9 Å². The molecule has 0 aliphatic rings. The largest absolute Gasteiger partial charge is 0.310 e. The number of benzene rings is 8. The van der Waals surface area contributed by atoms with Gasteiger partial charge in [0.15, 0.2) is 0 Å². The monoisotopic (exact) mass is 729 g/mol. The first-order valence-corrected chi connectivity index (χ1v) is 19.1. The first-order chi connectivity index (χ1) is 28.2. The smallest absolute Gasteiger partial charge is 0.0973 e. The minimum atomic E-state index is 0.826. The van der Waals surface area contributed by atoms with Crippen LogP contribution in [0.15, 0.2) is 212 Å². The van der Waals surface area contributed by atoms with E-state index < -0.39 is 0 Å². The number of hydrogen-bond donors (Lipinski definition) is 0. The third kappa shape index (κ3) is 6.68. The van der Waals surface area contributed by atoms with Gasteiger partial charge in [0, 0.05) is 39.3 Å². The molecule has 8 aromatic carbocycles. The molecule has 10 aromatic rings. The minimum absolute atomic E-state index is 0.826. The average molecular weight is 730 g/mol. The van der Waals surface area contributed by atoms with Crippen molar-refractivity contribution in [3.8, 4) is 56.2 Å². The van der Waals surface area contributed by atoms with Crippen LogP contribution in [0.25, 0.3) is 78.2 Å². The molecule has 0 N–H and O–H groups in total. The van der Waals surface area contributed by atoms with E-state index in [4.69, 9.17) is 19.9 Å². The van der Waals surface area contributed by atoms with Crippen molar-refractivity contribution in [2.75, 3.05) is 4.90 Å². The Morgan fingerprint density at radius 3 is 0.895 bits per heavy atom. The lowest BCUT2D eigenvalue weighted by molar-refractivity contribution is 1.26. The molecule has 0 bridgehead atoms. The number of anilines is 3. The highest BCUT2D eigenvalue weighted by atomic mass is 15.1. The van der Waals surface area contributed by atoms with Gasteiger partial charge in [0.25, 0.3) is 0 Å². The Morgan fingerprint density at radius 1 is 0.228 bits per heavy atom. The molecule has 268 valence electrons. The molecule has 0 saturated heterocycles. The molecule has 0 saturated carbocycles. The predicted molar refractivity (Wildman–Crippen MR) is 234 cm³/mol. The van der Waals surface area contributed by atoms with Crippen LogP contribution in [0.3, 0.4) is 0 Å². The van der Waals surface area contributed by atoms with E-state index in [0.717, 1.165) is 95.3 Å². The third-order valence-corrected chi connectivity index (χ3v) is 10.2. The lowest BCUT2D eigenvalue weighted by Gasteiger charge is -2.27. The number of fused-ring (bicyclic) bond motifs is 2. The van der Waals surface area contributed by atoms with E-state index in [-0.39, 0.29) is 0 Å². The van der Waals surface area contributed by atoms with Crippen LogP contribution in [0.4, 0.5) is 17.1 Å². The van der Waals surface area contributed by atoms with Crippen molar-refractivity contribution in [2.45, 2.75) is 0 Å². The fourth-order valence-corrected chi connectivity index (χ4v) is 7.48. The molecule has 2 heterocycles. The van der Waals surface area contributed by atoms with Gasteiger partial charge < -0.3 is 4.90 Å². The maximum atomic E-state index is 5.24. The molecule has 0 spiro atoms. The Morgan fingerprint density at radius 2 is 0.509 bits per heavy atom. The zero-order valence-corrected chi connectivity index (χ0v) is 30.9. The fraction of sp³-hybridized carbons (Fsp3) is 0. The topological polar surface area (TPSA) is 54.8 Å². The summed E-state index contributed by atoms with van der Waals surface area (Å²) in [6, 6.07) is 73.2. The highest BCUT2D eigenvalue weighted by molar-refractivity contribution is 5.91. The highest BCUT2D eigenvalue weighted by Crippen LogP contribution is 2.41. The van der Waals surface area contributed by atoms with Crippen molar-refractivity contribution < 1.29 is 0 Å². The second-order valence-electron chi connectivity index (χ2n) is 13.9. The molecule has 0 atom stereocenters. The summed E-state index contributed by atoms with van der Waals surface area (Å²) in [5.41, 5.74) is 16.0. The quantitative estimate of drug-likeness (QED) is 0.156. The van der Waals surface area contributed by atoms with Gasteiger partial charge in [-0.1, -0.05) is 152 Å².